The molecule has 5 heteroatoms. The number of urea groups is 1. The number of nitrogens with two attached hydrogens (primary N) is 1. The summed E-state index contributed by atoms with van der Waals surface area (Å²) >= 11 is 0. The van der Waals surface area contributed by atoms with Crippen LogP contribution in [-0.2, 0) is 4.79 Å². The standard InChI is InChI=1S/C18H21N3O2/c1-2-6-16(13-7-4-3-5-8-13)17(22)20-14-9-11-15(12-10-14)21-18(19)23/h3-5,7-12,16H,2,6H2,1H3,(H,20,22)(H3,19,21,23)/t16-/m0/s1. The summed E-state index contributed by atoms with van der Waals surface area (Å²) in [5, 5.41) is 5.40. The quantitative estimate of drug-likeness (QED) is 0.760. The van der Waals surface area contributed by atoms with Crippen molar-refractivity contribution in [3.05, 3.63) is 60.2 Å². The first-order valence-electron chi connectivity index (χ1n) is 7.62. The Bertz CT molecular complexity index is 654. The number of carbonyl (C=O) groups excluding carboxylic acids is 2. The van der Waals surface area contributed by atoms with E-state index in [-0.39, 0.29) is 11.8 Å². The minimum Gasteiger partial charge on any atom is -0.351 e. The molecule has 0 radical (unpaired) electrons. The van der Waals surface area contributed by atoms with Gasteiger partial charge in [0.1, 0.15) is 0 Å². The molecule has 0 aliphatic rings. The lowest BCUT2D eigenvalue weighted by molar-refractivity contribution is -0.117. The molecule has 0 saturated carbocycles. The third-order valence-electron chi connectivity index (χ3n) is 3.52. The summed E-state index contributed by atoms with van der Waals surface area (Å²) in [6.45, 7) is 2.06. The third kappa shape index (κ3) is 4.85. The molecule has 0 saturated heterocycles. The molecule has 2 aromatic carbocycles. The fourth-order valence-corrected chi connectivity index (χ4v) is 2.43. The van der Waals surface area contributed by atoms with Gasteiger partial charge in [-0.05, 0) is 36.2 Å². The fraction of sp³-hybridized carbons (Fsp3) is 0.222. The summed E-state index contributed by atoms with van der Waals surface area (Å²) in [5.74, 6) is -0.210. The topological polar surface area (TPSA) is 84.2 Å². The minimum atomic E-state index is -0.617. The summed E-state index contributed by atoms with van der Waals surface area (Å²) < 4.78 is 0. The SMILES string of the molecule is CCC[C@H](C(=O)Nc1ccc(NC(N)=O)cc1)c1ccccc1. The van der Waals surface area contributed by atoms with Gasteiger partial charge in [-0.25, -0.2) is 4.79 Å². The van der Waals surface area contributed by atoms with E-state index < -0.39 is 6.03 Å². The number of hydrogen-bond acceptors (Lipinski definition) is 2. The molecule has 4 N–H and O–H groups in total. The highest BCUT2D eigenvalue weighted by Crippen LogP contribution is 2.23. The van der Waals surface area contributed by atoms with E-state index in [1.807, 2.05) is 30.3 Å². The molecule has 0 spiro atoms. The lowest BCUT2D eigenvalue weighted by Crippen LogP contribution is -2.21. The average Bonchev–Trinajstić information content (AvgIpc) is 2.54. The van der Waals surface area contributed by atoms with E-state index in [4.69, 9.17) is 5.73 Å². The van der Waals surface area contributed by atoms with E-state index >= 15 is 0 Å². The van der Waals surface area contributed by atoms with Crippen molar-refractivity contribution in [2.45, 2.75) is 25.7 Å². The molecule has 23 heavy (non-hydrogen) atoms. The van der Waals surface area contributed by atoms with Crippen LogP contribution >= 0.6 is 0 Å². The first kappa shape index (κ1) is 16.5. The molecular formula is C18H21N3O2. The van der Waals surface area contributed by atoms with Crippen LogP contribution in [0.1, 0.15) is 31.2 Å². The minimum absolute atomic E-state index is 0.0336. The molecule has 0 bridgehead atoms. The van der Waals surface area contributed by atoms with Crippen molar-refractivity contribution >= 4 is 23.3 Å². The first-order valence-corrected chi connectivity index (χ1v) is 7.62. The Kier molecular flexibility index (Phi) is 5.74. The number of amides is 3. The molecule has 0 aliphatic carbocycles. The van der Waals surface area contributed by atoms with Crippen LogP contribution in [0.4, 0.5) is 16.2 Å². The van der Waals surface area contributed by atoms with Crippen LogP contribution in [0.15, 0.2) is 54.6 Å². The fourth-order valence-electron chi connectivity index (χ4n) is 2.43. The van der Waals surface area contributed by atoms with Gasteiger partial charge in [-0.3, -0.25) is 4.79 Å². The zero-order valence-electron chi connectivity index (χ0n) is 13.1. The molecule has 0 unspecified atom stereocenters. The number of nitrogens with one attached hydrogen (secondary N) is 2. The first-order chi connectivity index (χ1) is 11.1. The van der Waals surface area contributed by atoms with Crippen molar-refractivity contribution in [2.75, 3.05) is 10.6 Å². The van der Waals surface area contributed by atoms with E-state index in [0.717, 1.165) is 18.4 Å². The molecule has 1 atom stereocenters. The highest BCUT2D eigenvalue weighted by molar-refractivity contribution is 5.96. The van der Waals surface area contributed by atoms with Crippen LogP contribution < -0.4 is 16.4 Å². The zero-order chi connectivity index (χ0) is 16.7. The Labute approximate surface area is 135 Å². The third-order valence-corrected chi connectivity index (χ3v) is 3.52. The van der Waals surface area contributed by atoms with E-state index in [9.17, 15) is 9.59 Å². The van der Waals surface area contributed by atoms with E-state index in [1.165, 1.54) is 0 Å². The second-order valence-electron chi connectivity index (χ2n) is 5.31. The Morgan fingerprint density at radius 2 is 1.52 bits per heavy atom. The Balaban J connectivity index is 2.08. The maximum absolute atomic E-state index is 12.6. The molecule has 0 aromatic heterocycles. The van der Waals surface area contributed by atoms with Gasteiger partial charge in [0.05, 0.1) is 5.92 Å². The van der Waals surface area contributed by atoms with Gasteiger partial charge in [0.25, 0.3) is 0 Å². The van der Waals surface area contributed by atoms with Crippen LogP contribution in [0.2, 0.25) is 0 Å². The molecular weight excluding hydrogens is 290 g/mol. The van der Waals surface area contributed by atoms with Crippen molar-refractivity contribution < 1.29 is 9.59 Å². The van der Waals surface area contributed by atoms with Crippen LogP contribution in [0.25, 0.3) is 0 Å². The maximum atomic E-state index is 12.6. The summed E-state index contributed by atoms with van der Waals surface area (Å²) in [5.41, 5.74) is 7.34. The van der Waals surface area contributed by atoms with Gasteiger partial charge in [-0.1, -0.05) is 43.7 Å². The van der Waals surface area contributed by atoms with Crippen LogP contribution in [0, 0.1) is 0 Å². The largest absolute Gasteiger partial charge is 0.351 e. The molecule has 5 nitrogen and oxygen atoms in total. The summed E-state index contributed by atoms with van der Waals surface area (Å²) in [6.07, 6.45) is 1.71. The highest BCUT2D eigenvalue weighted by atomic mass is 16.2. The lowest BCUT2D eigenvalue weighted by atomic mass is 9.93. The highest BCUT2D eigenvalue weighted by Gasteiger charge is 2.19. The van der Waals surface area contributed by atoms with Crippen LogP contribution in [0.3, 0.4) is 0 Å². The second-order valence-corrected chi connectivity index (χ2v) is 5.31. The predicted molar refractivity (Wildman–Crippen MR) is 92.4 cm³/mol. The monoisotopic (exact) mass is 311 g/mol. The number of anilines is 2. The van der Waals surface area contributed by atoms with E-state index in [1.54, 1.807) is 24.3 Å². The predicted octanol–water partition coefficient (Wildman–Crippen LogP) is 3.70. The number of rotatable bonds is 6. The maximum Gasteiger partial charge on any atom is 0.316 e. The van der Waals surface area contributed by atoms with Crippen molar-refractivity contribution in [1.29, 1.82) is 0 Å². The zero-order valence-corrected chi connectivity index (χ0v) is 13.1. The number of hydrogen-bond donors (Lipinski definition) is 3. The summed E-state index contributed by atoms with van der Waals surface area (Å²) in [7, 11) is 0. The van der Waals surface area contributed by atoms with Crippen molar-refractivity contribution in [2.24, 2.45) is 5.73 Å². The number of carbonyl (C=O) groups is 2. The normalized spacial score (nSPS) is 11.5. The smallest absolute Gasteiger partial charge is 0.316 e. The summed E-state index contributed by atoms with van der Waals surface area (Å²) in [4.78, 5) is 23.4. The lowest BCUT2D eigenvalue weighted by Gasteiger charge is -2.16. The van der Waals surface area contributed by atoms with Gasteiger partial charge in [-0.15, -0.1) is 0 Å². The van der Waals surface area contributed by atoms with Crippen LogP contribution in [0.5, 0.6) is 0 Å². The molecule has 0 fully saturated rings. The van der Waals surface area contributed by atoms with Crippen molar-refractivity contribution in [3.8, 4) is 0 Å². The van der Waals surface area contributed by atoms with Gasteiger partial charge in [-0.2, -0.15) is 0 Å². The van der Waals surface area contributed by atoms with Crippen LogP contribution in [-0.4, -0.2) is 11.9 Å². The molecule has 2 rings (SSSR count). The molecule has 0 heterocycles. The van der Waals surface area contributed by atoms with E-state index in [0.29, 0.717) is 11.4 Å². The average molecular weight is 311 g/mol. The van der Waals surface area contributed by atoms with Crippen molar-refractivity contribution in [3.63, 3.8) is 0 Å². The van der Waals surface area contributed by atoms with Gasteiger partial charge in [0.15, 0.2) is 0 Å². The molecule has 2 aromatic rings. The van der Waals surface area contributed by atoms with Crippen molar-refractivity contribution in [1.82, 2.24) is 0 Å². The van der Waals surface area contributed by atoms with Gasteiger partial charge < -0.3 is 16.4 Å². The number of benzene rings is 2. The van der Waals surface area contributed by atoms with E-state index in [2.05, 4.69) is 17.6 Å². The molecule has 0 aliphatic heterocycles. The molecule has 3 amide bonds. The second kappa shape index (κ2) is 7.98. The van der Waals surface area contributed by atoms with Gasteiger partial charge >= 0.3 is 6.03 Å². The molecule has 120 valence electrons. The van der Waals surface area contributed by atoms with Gasteiger partial charge in [0, 0.05) is 11.4 Å². The van der Waals surface area contributed by atoms with Gasteiger partial charge in [0.2, 0.25) is 5.91 Å². The Morgan fingerprint density at radius 3 is 2.04 bits per heavy atom. The Hall–Kier alpha value is -2.82. The Morgan fingerprint density at radius 1 is 0.957 bits per heavy atom. The summed E-state index contributed by atoms with van der Waals surface area (Å²) in [6, 6.07) is 16.0. The number of primary amides is 1.